The lowest BCUT2D eigenvalue weighted by atomic mass is 10.2. The standard InChI is InChI=1S/C18H21FN2O3S/c19-16-6-8-18(9-7-16)25(22,23)20-12-17-14-21(10-11-24-17)13-15-4-2-1-3-5-15/h1-9,17,20H,10-14H2/t17-/m1/s1. The van der Waals surface area contributed by atoms with E-state index in [0.29, 0.717) is 13.2 Å². The summed E-state index contributed by atoms with van der Waals surface area (Å²) in [6.45, 7) is 3.03. The van der Waals surface area contributed by atoms with Gasteiger partial charge in [-0.15, -0.1) is 0 Å². The molecule has 2 aromatic carbocycles. The van der Waals surface area contributed by atoms with E-state index in [1.165, 1.54) is 17.7 Å². The summed E-state index contributed by atoms with van der Waals surface area (Å²) in [4.78, 5) is 2.29. The lowest BCUT2D eigenvalue weighted by Gasteiger charge is -2.33. The van der Waals surface area contributed by atoms with E-state index in [1.54, 1.807) is 0 Å². The first-order valence-electron chi connectivity index (χ1n) is 8.16. The predicted molar refractivity (Wildman–Crippen MR) is 93.0 cm³/mol. The van der Waals surface area contributed by atoms with Crippen molar-refractivity contribution in [2.45, 2.75) is 17.5 Å². The molecule has 1 saturated heterocycles. The van der Waals surface area contributed by atoms with Crippen LogP contribution in [0.4, 0.5) is 4.39 Å². The lowest BCUT2D eigenvalue weighted by molar-refractivity contribution is -0.0276. The van der Waals surface area contributed by atoms with Crippen molar-refractivity contribution in [3.05, 3.63) is 66.0 Å². The van der Waals surface area contributed by atoms with Crippen LogP contribution in [0.1, 0.15) is 5.56 Å². The van der Waals surface area contributed by atoms with Crippen LogP contribution in [0, 0.1) is 5.82 Å². The van der Waals surface area contributed by atoms with E-state index in [4.69, 9.17) is 4.74 Å². The molecule has 1 atom stereocenters. The molecule has 2 aromatic rings. The fourth-order valence-electron chi connectivity index (χ4n) is 2.79. The summed E-state index contributed by atoms with van der Waals surface area (Å²) < 4.78 is 45.7. The molecular formula is C18H21FN2O3S. The molecule has 1 aliphatic heterocycles. The zero-order valence-electron chi connectivity index (χ0n) is 13.8. The Hall–Kier alpha value is -1.80. The molecule has 0 bridgehead atoms. The van der Waals surface area contributed by atoms with Gasteiger partial charge >= 0.3 is 0 Å². The first kappa shape index (κ1) is 18.0. The van der Waals surface area contributed by atoms with E-state index >= 15 is 0 Å². The lowest BCUT2D eigenvalue weighted by Crippen LogP contribution is -2.47. The zero-order valence-corrected chi connectivity index (χ0v) is 14.6. The SMILES string of the molecule is O=S(=O)(NC[C@@H]1CN(Cc2ccccc2)CCO1)c1ccc(F)cc1. The van der Waals surface area contributed by atoms with Gasteiger partial charge in [0.05, 0.1) is 17.6 Å². The molecule has 25 heavy (non-hydrogen) atoms. The highest BCUT2D eigenvalue weighted by molar-refractivity contribution is 7.89. The monoisotopic (exact) mass is 364 g/mol. The van der Waals surface area contributed by atoms with Crippen LogP contribution >= 0.6 is 0 Å². The van der Waals surface area contributed by atoms with E-state index in [0.717, 1.165) is 25.2 Å². The van der Waals surface area contributed by atoms with Gasteiger partial charge in [0.1, 0.15) is 5.82 Å². The fraction of sp³-hybridized carbons (Fsp3) is 0.333. The molecule has 0 amide bonds. The number of halogens is 1. The van der Waals surface area contributed by atoms with Gasteiger partial charge < -0.3 is 4.74 Å². The van der Waals surface area contributed by atoms with Gasteiger partial charge in [-0.25, -0.2) is 17.5 Å². The van der Waals surface area contributed by atoms with Crippen molar-refractivity contribution in [3.8, 4) is 0 Å². The molecule has 0 aliphatic carbocycles. The highest BCUT2D eigenvalue weighted by atomic mass is 32.2. The quantitative estimate of drug-likeness (QED) is 0.852. The Bertz CT molecular complexity index is 782. The van der Waals surface area contributed by atoms with Crippen LogP contribution in [0.2, 0.25) is 0 Å². The van der Waals surface area contributed by atoms with Crippen molar-refractivity contribution in [2.75, 3.05) is 26.2 Å². The molecule has 0 spiro atoms. The molecular weight excluding hydrogens is 343 g/mol. The van der Waals surface area contributed by atoms with E-state index in [-0.39, 0.29) is 17.5 Å². The normalized spacial score (nSPS) is 19.0. The van der Waals surface area contributed by atoms with Crippen molar-refractivity contribution < 1.29 is 17.5 Å². The number of sulfonamides is 1. The maximum Gasteiger partial charge on any atom is 0.240 e. The van der Waals surface area contributed by atoms with Crippen LogP contribution in [0.15, 0.2) is 59.5 Å². The summed E-state index contributed by atoms with van der Waals surface area (Å²) >= 11 is 0. The molecule has 1 heterocycles. The minimum Gasteiger partial charge on any atom is -0.374 e. The Morgan fingerprint density at radius 2 is 1.84 bits per heavy atom. The summed E-state index contributed by atoms with van der Waals surface area (Å²) in [5.74, 6) is -0.467. The van der Waals surface area contributed by atoms with Gasteiger partial charge in [0, 0.05) is 26.2 Å². The minimum absolute atomic E-state index is 0.0471. The molecule has 1 fully saturated rings. The van der Waals surface area contributed by atoms with Crippen LogP contribution < -0.4 is 4.72 Å². The Morgan fingerprint density at radius 3 is 2.56 bits per heavy atom. The van der Waals surface area contributed by atoms with Gasteiger partial charge in [0.15, 0.2) is 0 Å². The van der Waals surface area contributed by atoms with E-state index in [1.807, 2.05) is 18.2 Å². The number of rotatable bonds is 6. The van der Waals surface area contributed by atoms with Crippen molar-refractivity contribution in [2.24, 2.45) is 0 Å². The third-order valence-corrected chi connectivity index (χ3v) is 5.54. The van der Waals surface area contributed by atoms with E-state index < -0.39 is 15.8 Å². The van der Waals surface area contributed by atoms with Crippen molar-refractivity contribution >= 4 is 10.0 Å². The second kappa shape index (κ2) is 8.05. The largest absolute Gasteiger partial charge is 0.374 e. The number of nitrogens with zero attached hydrogens (tertiary/aromatic N) is 1. The van der Waals surface area contributed by atoms with E-state index in [9.17, 15) is 12.8 Å². The number of nitrogens with one attached hydrogen (secondary N) is 1. The van der Waals surface area contributed by atoms with Gasteiger partial charge in [-0.2, -0.15) is 0 Å². The van der Waals surface area contributed by atoms with Gasteiger partial charge in [0.2, 0.25) is 10.0 Å². The number of benzene rings is 2. The molecule has 1 aliphatic rings. The van der Waals surface area contributed by atoms with Crippen LogP contribution in [0.5, 0.6) is 0 Å². The molecule has 3 rings (SSSR count). The fourth-order valence-corrected chi connectivity index (χ4v) is 3.86. The molecule has 134 valence electrons. The second-order valence-corrected chi connectivity index (χ2v) is 7.79. The van der Waals surface area contributed by atoms with Crippen LogP contribution in [-0.2, 0) is 21.3 Å². The maximum atomic E-state index is 12.9. The molecule has 0 unspecified atom stereocenters. The predicted octanol–water partition coefficient (Wildman–Crippen LogP) is 2.00. The molecule has 0 saturated carbocycles. The van der Waals surface area contributed by atoms with Crippen molar-refractivity contribution in [1.82, 2.24) is 9.62 Å². The number of hydrogen-bond donors (Lipinski definition) is 1. The second-order valence-electron chi connectivity index (χ2n) is 6.02. The highest BCUT2D eigenvalue weighted by Gasteiger charge is 2.23. The van der Waals surface area contributed by atoms with Crippen molar-refractivity contribution in [1.29, 1.82) is 0 Å². The van der Waals surface area contributed by atoms with Crippen LogP contribution in [-0.4, -0.2) is 45.7 Å². The summed E-state index contributed by atoms with van der Waals surface area (Å²) in [6, 6.07) is 14.9. The Kier molecular flexibility index (Phi) is 5.80. The summed E-state index contributed by atoms with van der Waals surface area (Å²) in [5, 5.41) is 0. The van der Waals surface area contributed by atoms with Crippen LogP contribution in [0.3, 0.4) is 0 Å². The average Bonchev–Trinajstić information content (AvgIpc) is 2.62. The molecule has 0 radical (unpaired) electrons. The molecule has 1 N–H and O–H groups in total. The minimum atomic E-state index is -3.67. The summed E-state index contributed by atoms with van der Waals surface area (Å²) in [5.41, 5.74) is 1.22. The maximum absolute atomic E-state index is 12.9. The Morgan fingerprint density at radius 1 is 1.12 bits per heavy atom. The zero-order chi connectivity index (χ0) is 17.7. The number of morpholine rings is 1. The Labute approximate surface area is 147 Å². The topological polar surface area (TPSA) is 58.6 Å². The van der Waals surface area contributed by atoms with Crippen LogP contribution in [0.25, 0.3) is 0 Å². The summed E-state index contributed by atoms with van der Waals surface area (Å²) in [7, 11) is -3.67. The highest BCUT2D eigenvalue weighted by Crippen LogP contribution is 2.12. The number of ether oxygens (including phenoxy) is 1. The Balaban J connectivity index is 1.55. The first-order valence-corrected chi connectivity index (χ1v) is 9.64. The molecule has 5 nitrogen and oxygen atoms in total. The van der Waals surface area contributed by atoms with Gasteiger partial charge in [-0.1, -0.05) is 30.3 Å². The van der Waals surface area contributed by atoms with Crippen molar-refractivity contribution in [3.63, 3.8) is 0 Å². The van der Waals surface area contributed by atoms with E-state index in [2.05, 4.69) is 21.8 Å². The smallest absolute Gasteiger partial charge is 0.240 e. The van der Waals surface area contributed by atoms with Gasteiger partial charge in [-0.3, -0.25) is 4.90 Å². The number of hydrogen-bond acceptors (Lipinski definition) is 4. The molecule has 0 aromatic heterocycles. The first-order chi connectivity index (χ1) is 12.0. The van der Waals surface area contributed by atoms with Gasteiger partial charge in [0.25, 0.3) is 0 Å². The van der Waals surface area contributed by atoms with Gasteiger partial charge in [-0.05, 0) is 29.8 Å². The molecule has 7 heteroatoms. The summed E-state index contributed by atoms with van der Waals surface area (Å²) in [6.07, 6.45) is -0.215. The third-order valence-electron chi connectivity index (χ3n) is 4.10. The average molecular weight is 364 g/mol. The third kappa shape index (κ3) is 5.09.